The van der Waals surface area contributed by atoms with Crippen LogP contribution in [-0.2, 0) is 19.1 Å². The lowest BCUT2D eigenvalue weighted by molar-refractivity contribution is 0.0851. The van der Waals surface area contributed by atoms with E-state index in [4.69, 9.17) is 4.74 Å². The van der Waals surface area contributed by atoms with E-state index < -0.39 is 0 Å². The van der Waals surface area contributed by atoms with Crippen molar-refractivity contribution in [2.75, 3.05) is 5.75 Å². The molecule has 3 heterocycles. The minimum Gasteiger partial charge on any atom is -0.481 e. The number of thioether (sulfide) groups is 1. The Kier molecular flexibility index (Phi) is 2.70. The van der Waals surface area contributed by atoms with Gasteiger partial charge in [0.25, 0.3) is 0 Å². The number of benzene rings is 2. The summed E-state index contributed by atoms with van der Waals surface area (Å²) in [5.41, 5.74) is 5.13. The molecule has 0 amide bonds. The van der Waals surface area contributed by atoms with Gasteiger partial charge in [0.15, 0.2) is 0 Å². The second kappa shape index (κ2) is 4.57. The van der Waals surface area contributed by atoms with Crippen molar-refractivity contribution in [3.8, 4) is 5.75 Å². The summed E-state index contributed by atoms with van der Waals surface area (Å²) in [6.45, 7) is 2.15. The Morgan fingerprint density at radius 2 is 2.00 bits per heavy atom. The molecule has 5 rings (SSSR count). The first-order valence-corrected chi connectivity index (χ1v) is 9.16. The van der Waals surface area contributed by atoms with Crippen molar-refractivity contribution in [3.05, 3.63) is 59.2 Å². The average Bonchev–Trinajstić information content (AvgIpc) is 3.07. The molecule has 0 fully saturated rings. The van der Waals surface area contributed by atoms with Crippen LogP contribution >= 0.6 is 11.8 Å². The second-order valence-corrected chi connectivity index (χ2v) is 7.77. The highest BCUT2D eigenvalue weighted by Crippen LogP contribution is 2.53. The van der Waals surface area contributed by atoms with E-state index in [1.54, 1.807) is 0 Å². The molecule has 3 heteroatoms. The molecular formula is C20H19NOS. The van der Waals surface area contributed by atoms with Crippen molar-refractivity contribution in [1.82, 2.24) is 4.57 Å². The maximum absolute atomic E-state index is 6.69. The van der Waals surface area contributed by atoms with Gasteiger partial charge >= 0.3 is 0 Å². The van der Waals surface area contributed by atoms with Crippen LogP contribution < -0.4 is 4.74 Å². The smallest absolute Gasteiger partial charge is 0.142 e. The predicted octanol–water partition coefficient (Wildman–Crippen LogP) is 4.81. The Bertz CT molecular complexity index is 942. The zero-order chi connectivity index (χ0) is 15.6. The fourth-order valence-electron chi connectivity index (χ4n) is 4.23. The summed E-state index contributed by atoms with van der Waals surface area (Å²) in [4.78, 5) is 0. The van der Waals surface area contributed by atoms with E-state index >= 15 is 0 Å². The first-order valence-electron chi connectivity index (χ1n) is 8.18. The van der Waals surface area contributed by atoms with Gasteiger partial charge in [-0.2, -0.15) is 0 Å². The third kappa shape index (κ3) is 1.71. The molecule has 0 radical (unpaired) electrons. The standard InChI is InChI=1S/C20H19NOS/c1-13-6-5-7-14-12-20(22-18(13)14)10-11-23-19-17(20)15-8-3-4-9-16(15)21(19)2/h3-9H,10-12H2,1-2H3. The van der Waals surface area contributed by atoms with Gasteiger partial charge < -0.3 is 9.30 Å². The normalized spacial score (nSPS) is 22.2. The maximum Gasteiger partial charge on any atom is 0.142 e. The summed E-state index contributed by atoms with van der Waals surface area (Å²) < 4.78 is 9.03. The van der Waals surface area contributed by atoms with Crippen molar-refractivity contribution in [2.24, 2.45) is 7.05 Å². The van der Waals surface area contributed by atoms with Crippen LogP contribution in [0.5, 0.6) is 5.75 Å². The third-order valence-corrected chi connectivity index (χ3v) is 6.48. The van der Waals surface area contributed by atoms with Gasteiger partial charge in [0.2, 0.25) is 0 Å². The van der Waals surface area contributed by atoms with Gasteiger partial charge in [-0.3, -0.25) is 0 Å². The van der Waals surface area contributed by atoms with E-state index in [1.165, 1.54) is 32.6 Å². The van der Waals surface area contributed by atoms with Crippen LogP contribution in [-0.4, -0.2) is 10.3 Å². The molecule has 2 aromatic carbocycles. The molecule has 0 N–H and O–H groups in total. The average molecular weight is 321 g/mol. The number of fused-ring (bicyclic) bond motifs is 5. The van der Waals surface area contributed by atoms with Crippen molar-refractivity contribution in [1.29, 1.82) is 0 Å². The first-order chi connectivity index (χ1) is 11.2. The number of ether oxygens (including phenoxy) is 1. The highest BCUT2D eigenvalue weighted by Gasteiger charge is 2.47. The van der Waals surface area contributed by atoms with Crippen molar-refractivity contribution >= 4 is 22.7 Å². The van der Waals surface area contributed by atoms with Crippen molar-refractivity contribution in [2.45, 2.75) is 30.4 Å². The molecule has 23 heavy (non-hydrogen) atoms. The Balaban J connectivity index is 1.78. The molecule has 116 valence electrons. The van der Waals surface area contributed by atoms with Gasteiger partial charge in [0.1, 0.15) is 11.4 Å². The molecule has 1 unspecified atom stereocenters. The lowest BCUT2D eigenvalue weighted by Crippen LogP contribution is -2.35. The summed E-state index contributed by atoms with van der Waals surface area (Å²) >= 11 is 1.97. The molecule has 2 nitrogen and oxygen atoms in total. The monoisotopic (exact) mass is 321 g/mol. The van der Waals surface area contributed by atoms with Crippen LogP contribution in [0.15, 0.2) is 47.5 Å². The highest BCUT2D eigenvalue weighted by atomic mass is 32.2. The lowest BCUT2D eigenvalue weighted by atomic mass is 9.86. The molecule has 0 aliphatic carbocycles. The lowest BCUT2D eigenvalue weighted by Gasteiger charge is -2.33. The van der Waals surface area contributed by atoms with Crippen LogP contribution in [0.3, 0.4) is 0 Å². The molecule has 1 aromatic heterocycles. The number of aryl methyl sites for hydroxylation is 2. The first kappa shape index (κ1) is 13.6. The highest BCUT2D eigenvalue weighted by molar-refractivity contribution is 7.99. The maximum atomic E-state index is 6.69. The van der Waals surface area contributed by atoms with E-state index in [-0.39, 0.29) is 5.60 Å². The zero-order valence-electron chi connectivity index (χ0n) is 13.4. The molecule has 1 spiro atoms. The van der Waals surface area contributed by atoms with E-state index in [0.717, 1.165) is 24.3 Å². The molecular weight excluding hydrogens is 302 g/mol. The van der Waals surface area contributed by atoms with E-state index in [0.29, 0.717) is 0 Å². The molecule has 2 aliphatic rings. The number of aromatic nitrogens is 1. The molecule has 0 saturated carbocycles. The van der Waals surface area contributed by atoms with Gasteiger partial charge in [-0.1, -0.05) is 36.4 Å². The fraction of sp³-hybridized carbons (Fsp3) is 0.300. The van der Waals surface area contributed by atoms with E-state index in [1.807, 2.05) is 11.8 Å². The van der Waals surface area contributed by atoms with Gasteiger partial charge in [-0.15, -0.1) is 11.8 Å². The van der Waals surface area contributed by atoms with E-state index in [2.05, 4.69) is 61.0 Å². The Morgan fingerprint density at radius 3 is 2.87 bits per heavy atom. The zero-order valence-corrected chi connectivity index (χ0v) is 14.2. The van der Waals surface area contributed by atoms with Gasteiger partial charge in [-0.25, -0.2) is 0 Å². The summed E-state index contributed by atoms with van der Waals surface area (Å²) in [5, 5.41) is 2.73. The summed E-state index contributed by atoms with van der Waals surface area (Å²) in [7, 11) is 2.18. The summed E-state index contributed by atoms with van der Waals surface area (Å²) in [6, 6.07) is 15.3. The quantitative estimate of drug-likeness (QED) is 0.590. The number of rotatable bonds is 0. The number of para-hydroxylation sites is 2. The van der Waals surface area contributed by atoms with Crippen LogP contribution in [0.2, 0.25) is 0 Å². The second-order valence-electron chi connectivity index (χ2n) is 6.69. The Labute approximate surface area is 140 Å². The van der Waals surface area contributed by atoms with Crippen molar-refractivity contribution in [3.63, 3.8) is 0 Å². The Hall–Kier alpha value is -1.87. The van der Waals surface area contributed by atoms with E-state index in [9.17, 15) is 0 Å². The summed E-state index contributed by atoms with van der Waals surface area (Å²) in [5.74, 6) is 2.22. The summed E-state index contributed by atoms with van der Waals surface area (Å²) in [6.07, 6.45) is 2.07. The fourth-order valence-corrected chi connectivity index (χ4v) is 5.59. The minimum absolute atomic E-state index is 0.185. The SMILES string of the molecule is Cc1cccc2c1OC1(CCSc3c1c1ccccc1n3C)C2. The minimum atomic E-state index is -0.185. The van der Waals surface area contributed by atoms with Gasteiger partial charge in [0, 0.05) is 42.1 Å². The topological polar surface area (TPSA) is 14.2 Å². The number of nitrogens with zero attached hydrogens (tertiary/aromatic N) is 1. The van der Waals surface area contributed by atoms with Crippen LogP contribution in [0.1, 0.15) is 23.1 Å². The van der Waals surface area contributed by atoms with Crippen LogP contribution in [0.4, 0.5) is 0 Å². The van der Waals surface area contributed by atoms with Gasteiger partial charge in [0.05, 0.1) is 5.03 Å². The molecule has 0 bridgehead atoms. The molecule has 0 saturated heterocycles. The molecule has 3 aromatic rings. The number of hydrogen-bond donors (Lipinski definition) is 0. The molecule has 1 atom stereocenters. The van der Waals surface area contributed by atoms with Crippen molar-refractivity contribution < 1.29 is 4.74 Å². The largest absolute Gasteiger partial charge is 0.481 e. The van der Waals surface area contributed by atoms with Gasteiger partial charge in [-0.05, 0) is 24.1 Å². The number of hydrogen-bond acceptors (Lipinski definition) is 2. The van der Waals surface area contributed by atoms with Crippen LogP contribution in [0, 0.1) is 6.92 Å². The Morgan fingerprint density at radius 1 is 1.13 bits per heavy atom. The van der Waals surface area contributed by atoms with Crippen LogP contribution in [0.25, 0.3) is 10.9 Å². The third-order valence-electron chi connectivity index (χ3n) is 5.32. The predicted molar refractivity (Wildman–Crippen MR) is 95.4 cm³/mol. The molecule has 2 aliphatic heterocycles.